The summed E-state index contributed by atoms with van der Waals surface area (Å²) in [5.41, 5.74) is 4.24. The first-order valence-electron chi connectivity index (χ1n) is 9.77. The number of carbonyl (C=O) groups is 2. The summed E-state index contributed by atoms with van der Waals surface area (Å²) in [5.74, 6) is 0.185. The second kappa shape index (κ2) is 10.2. The van der Waals surface area contributed by atoms with Gasteiger partial charge in [0.2, 0.25) is 5.91 Å². The van der Waals surface area contributed by atoms with E-state index in [1.807, 2.05) is 18.4 Å². The average Bonchev–Trinajstić information content (AvgIpc) is 3.22. The highest BCUT2D eigenvalue weighted by molar-refractivity contribution is 7.17. The maximum absolute atomic E-state index is 13.9. The SMILES string of the molecule is CCOc1ccc(C(=O)CCC(=O)N/N=C(\C)c2csc3c(F)cccc23)cc1OC. The second-order valence-corrected chi connectivity index (χ2v) is 7.60. The van der Waals surface area contributed by atoms with E-state index in [1.54, 1.807) is 31.2 Å². The van der Waals surface area contributed by atoms with Crippen LogP contribution in [-0.2, 0) is 4.79 Å². The van der Waals surface area contributed by atoms with Gasteiger partial charge in [-0.05, 0) is 38.1 Å². The maximum atomic E-state index is 13.9. The lowest BCUT2D eigenvalue weighted by Gasteiger charge is -2.10. The number of benzene rings is 2. The van der Waals surface area contributed by atoms with Gasteiger partial charge in [0.25, 0.3) is 0 Å². The van der Waals surface area contributed by atoms with Gasteiger partial charge in [-0.1, -0.05) is 12.1 Å². The number of fused-ring (bicyclic) bond motifs is 1. The molecule has 1 heterocycles. The Labute approximate surface area is 183 Å². The number of ketones is 1. The minimum Gasteiger partial charge on any atom is -0.493 e. The Morgan fingerprint density at radius 3 is 2.71 bits per heavy atom. The molecule has 8 heteroatoms. The normalized spacial score (nSPS) is 11.4. The summed E-state index contributed by atoms with van der Waals surface area (Å²) in [6.07, 6.45) is 0.0221. The number of halogens is 1. The molecule has 0 aliphatic heterocycles. The number of methoxy groups -OCH3 is 1. The number of hydrogen-bond donors (Lipinski definition) is 1. The Morgan fingerprint density at radius 2 is 1.97 bits per heavy atom. The molecule has 0 fully saturated rings. The molecule has 0 radical (unpaired) electrons. The zero-order valence-corrected chi connectivity index (χ0v) is 18.3. The topological polar surface area (TPSA) is 77.0 Å². The molecule has 0 atom stereocenters. The Balaban J connectivity index is 1.59. The summed E-state index contributed by atoms with van der Waals surface area (Å²) < 4.78 is 25.1. The van der Waals surface area contributed by atoms with Crippen molar-refractivity contribution >= 4 is 38.8 Å². The molecular formula is C23H23FN2O4S. The van der Waals surface area contributed by atoms with Crippen molar-refractivity contribution in [2.24, 2.45) is 5.10 Å². The number of nitrogens with zero attached hydrogens (tertiary/aromatic N) is 1. The number of hydrogen-bond acceptors (Lipinski definition) is 6. The highest BCUT2D eigenvalue weighted by atomic mass is 32.1. The van der Waals surface area contributed by atoms with Gasteiger partial charge < -0.3 is 9.47 Å². The van der Waals surface area contributed by atoms with Crippen molar-refractivity contribution in [3.63, 3.8) is 0 Å². The minimum absolute atomic E-state index is 0.00977. The zero-order chi connectivity index (χ0) is 22.4. The van der Waals surface area contributed by atoms with Gasteiger partial charge in [0.05, 0.1) is 24.1 Å². The Bertz CT molecular complexity index is 1140. The molecule has 3 rings (SSSR count). The van der Waals surface area contributed by atoms with E-state index in [2.05, 4.69) is 10.5 Å². The number of hydrazone groups is 1. The second-order valence-electron chi connectivity index (χ2n) is 6.72. The molecule has 0 saturated carbocycles. The van der Waals surface area contributed by atoms with Crippen LogP contribution in [0.15, 0.2) is 46.9 Å². The first-order chi connectivity index (χ1) is 14.9. The third-order valence-corrected chi connectivity index (χ3v) is 5.66. The number of carbonyl (C=O) groups excluding carboxylic acids is 2. The number of nitrogens with one attached hydrogen (secondary N) is 1. The van der Waals surface area contributed by atoms with Crippen LogP contribution in [0.5, 0.6) is 11.5 Å². The molecule has 6 nitrogen and oxygen atoms in total. The van der Waals surface area contributed by atoms with Crippen LogP contribution >= 0.6 is 11.3 Å². The molecule has 0 bridgehead atoms. The smallest absolute Gasteiger partial charge is 0.240 e. The fraction of sp³-hybridized carbons (Fsp3) is 0.261. The molecule has 0 spiro atoms. The summed E-state index contributed by atoms with van der Waals surface area (Å²) >= 11 is 1.29. The minimum atomic E-state index is -0.378. The van der Waals surface area contributed by atoms with Crippen LogP contribution in [0.4, 0.5) is 4.39 Å². The average molecular weight is 443 g/mol. The van der Waals surface area contributed by atoms with E-state index in [0.717, 1.165) is 10.9 Å². The molecule has 0 unspecified atom stereocenters. The van der Waals surface area contributed by atoms with Gasteiger partial charge in [0.1, 0.15) is 5.82 Å². The Hall–Kier alpha value is -3.26. The third-order valence-electron chi connectivity index (χ3n) is 4.65. The predicted molar refractivity (Wildman–Crippen MR) is 120 cm³/mol. The molecular weight excluding hydrogens is 419 g/mol. The summed E-state index contributed by atoms with van der Waals surface area (Å²) in [6, 6.07) is 9.80. The van der Waals surface area contributed by atoms with Crippen LogP contribution in [0.2, 0.25) is 0 Å². The number of Topliss-reactive ketones (excluding diaryl/α,β-unsaturated/α-hetero) is 1. The molecule has 0 aliphatic carbocycles. The maximum Gasteiger partial charge on any atom is 0.240 e. The van der Waals surface area contributed by atoms with Gasteiger partial charge in [0.15, 0.2) is 17.3 Å². The zero-order valence-electron chi connectivity index (χ0n) is 17.5. The third kappa shape index (κ3) is 5.27. The van der Waals surface area contributed by atoms with Crippen molar-refractivity contribution < 1.29 is 23.5 Å². The predicted octanol–water partition coefficient (Wildman–Crippen LogP) is 4.95. The van der Waals surface area contributed by atoms with Crippen molar-refractivity contribution in [2.45, 2.75) is 26.7 Å². The van der Waals surface area contributed by atoms with Gasteiger partial charge in [-0.2, -0.15) is 5.10 Å². The molecule has 2 aromatic carbocycles. The summed E-state index contributed by atoms with van der Waals surface area (Å²) in [5, 5.41) is 6.67. The van der Waals surface area contributed by atoms with Crippen molar-refractivity contribution in [2.75, 3.05) is 13.7 Å². The van der Waals surface area contributed by atoms with Crippen LogP contribution in [0.3, 0.4) is 0 Å². The van der Waals surface area contributed by atoms with Gasteiger partial charge in [-0.25, -0.2) is 9.82 Å². The highest BCUT2D eigenvalue weighted by Crippen LogP contribution is 2.29. The van der Waals surface area contributed by atoms with Crippen molar-refractivity contribution in [1.82, 2.24) is 5.43 Å². The van der Waals surface area contributed by atoms with Crippen molar-refractivity contribution in [3.8, 4) is 11.5 Å². The fourth-order valence-electron chi connectivity index (χ4n) is 3.05. The van der Waals surface area contributed by atoms with Gasteiger partial charge in [-0.3, -0.25) is 9.59 Å². The quantitative estimate of drug-likeness (QED) is 0.289. The van der Waals surface area contributed by atoms with E-state index in [1.165, 1.54) is 24.5 Å². The first kappa shape index (κ1) is 22.4. The van der Waals surface area contributed by atoms with Crippen molar-refractivity contribution in [3.05, 3.63) is 58.7 Å². The first-order valence-corrected chi connectivity index (χ1v) is 10.7. The van der Waals surface area contributed by atoms with Crippen LogP contribution in [0.1, 0.15) is 42.6 Å². The monoisotopic (exact) mass is 442 g/mol. The van der Waals surface area contributed by atoms with E-state index < -0.39 is 0 Å². The standard InChI is InChI=1S/C23H23FN2O4S/c1-4-30-20-10-8-15(12-21(20)29-3)19(27)9-11-22(28)26-25-14(2)17-13-31-23-16(17)6-5-7-18(23)24/h5-8,10,12-13H,4,9,11H2,1-3H3,(H,26,28)/b25-14+. The van der Waals surface area contributed by atoms with Gasteiger partial charge in [0, 0.05) is 34.7 Å². The molecule has 31 heavy (non-hydrogen) atoms. The van der Waals surface area contributed by atoms with E-state index in [9.17, 15) is 14.0 Å². The lowest BCUT2D eigenvalue weighted by atomic mass is 10.1. The molecule has 1 N–H and O–H groups in total. The van der Waals surface area contributed by atoms with Crippen molar-refractivity contribution in [1.29, 1.82) is 0 Å². The lowest BCUT2D eigenvalue weighted by molar-refractivity contribution is -0.121. The number of ether oxygens (including phenoxy) is 2. The highest BCUT2D eigenvalue weighted by Gasteiger charge is 2.14. The molecule has 162 valence electrons. The van der Waals surface area contributed by atoms with Crippen LogP contribution in [-0.4, -0.2) is 31.1 Å². The summed E-state index contributed by atoms with van der Waals surface area (Å²) in [6.45, 7) is 4.09. The van der Waals surface area contributed by atoms with E-state index in [4.69, 9.17) is 9.47 Å². The molecule has 1 aromatic heterocycles. The largest absolute Gasteiger partial charge is 0.493 e. The molecule has 0 aliphatic rings. The van der Waals surface area contributed by atoms with E-state index in [0.29, 0.717) is 34.1 Å². The lowest BCUT2D eigenvalue weighted by Crippen LogP contribution is -2.20. The van der Waals surface area contributed by atoms with E-state index >= 15 is 0 Å². The fourth-order valence-corrected chi connectivity index (χ4v) is 4.07. The van der Waals surface area contributed by atoms with Gasteiger partial charge >= 0.3 is 0 Å². The van der Waals surface area contributed by atoms with E-state index in [-0.39, 0.29) is 30.3 Å². The van der Waals surface area contributed by atoms with Crippen LogP contribution < -0.4 is 14.9 Å². The molecule has 0 saturated heterocycles. The number of amides is 1. The Morgan fingerprint density at radius 1 is 1.16 bits per heavy atom. The number of thiophene rings is 1. The number of rotatable bonds is 9. The van der Waals surface area contributed by atoms with Crippen LogP contribution in [0.25, 0.3) is 10.1 Å². The summed E-state index contributed by atoms with van der Waals surface area (Å²) in [7, 11) is 1.50. The molecule has 1 amide bonds. The van der Waals surface area contributed by atoms with Gasteiger partial charge in [-0.15, -0.1) is 11.3 Å². The van der Waals surface area contributed by atoms with Crippen LogP contribution in [0, 0.1) is 5.82 Å². The Kier molecular flexibility index (Phi) is 7.36. The molecule has 3 aromatic rings. The summed E-state index contributed by atoms with van der Waals surface area (Å²) in [4.78, 5) is 24.6.